The third kappa shape index (κ3) is 4.98. The first-order chi connectivity index (χ1) is 13.5. The summed E-state index contributed by atoms with van der Waals surface area (Å²) < 4.78 is 11.2. The fourth-order valence-electron chi connectivity index (χ4n) is 2.70. The molecule has 0 atom stereocenters. The highest BCUT2D eigenvalue weighted by molar-refractivity contribution is 5.87. The molecule has 3 aromatic carbocycles. The van der Waals surface area contributed by atoms with E-state index in [-0.39, 0.29) is 12.2 Å². The SMILES string of the molecule is COc1cc(C=Nc2cccc(C)c2)ccc1OCc1cccc(C(=O)O)c1. The fraction of sp³-hybridized carbons (Fsp3) is 0.130. The number of aliphatic imine (C=N–C) groups is 1. The van der Waals surface area contributed by atoms with Crippen molar-refractivity contribution in [1.82, 2.24) is 0 Å². The summed E-state index contributed by atoms with van der Waals surface area (Å²) in [7, 11) is 1.58. The van der Waals surface area contributed by atoms with E-state index in [9.17, 15) is 4.79 Å². The molecule has 0 spiro atoms. The smallest absolute Gasteiger partial charge is 0.335 e. The minimum Gasteiger partial charge on any atom is -0.493 e. The number of carboxylic acids is 1. The van der Waals surface area contributed by atoms with E-state index in [1.165, 1.54) is 0 Å². The summed E-state index contributed by atoms with van der Waals surface area (Å²) in [6, 6.07) is 20.2. The molecule has 0 aliphatic carbocycles. The van der Waals surface area contributed by atoms with Gasteiger partial charge in [0, 0.05) is 6.21 Å². The van der Waals surface area contributed by atoms with Crippen molar-refractivity contribution in [3.8, 4) is 11.5 Å². The van der Waals surface area contributed by atoms with Crippen LogP contribution >= 0.6 is 0 Å². The molecular formula is C23H21NO4. The number of aromatic carboxylic acids is 1. The van der Waals surface area contributed by atoms with E-state index in [0.29, 0.717) is 11.5 Å². The number of carbonyl (C=O) groups is 1. The zero-order valence-corrected chi connectivity index (χ0v) is 15.8. The van der Waals surface area contributed by atoms with Gasteiger partial charge >= 0.3 is 5.97 Å². The molecule has 0 radical (unpaired) electrons. The lowest BCUT2D eigenvalue weighted by Gasteiger charge is -2.11. The Morgan fingerprint density at radius 2 is 1.86 bits per heavy atom. The van der Waals surface area contributed by atoms with Gasteiger partial charge in [0.05, 0.1) is 18.4 Å². The first-order valence-electron chi connectivity index (χ1n) is 8.79. The number of aryl methyl sites for hydroxylation is 1. The van der Waals surface area contributed by atoms with Crippen LogP contribution in [0, 0.1) is 6.92 Å². The lowest BCUT2D eigenvalue weighted by atomic mass is 10.1. The molecule has 28 heavy (non-hydrogen) atoms. The second kappa shape index (κ2) is 8.86. The van der Waals surface area contributed by atoms with Crippen LogP contribution in [0.4, 0.5) is 5.69 Å². The molecule has 3 rings (SSSR count). The number of hydrogen-bond donors (Lipinski definition) is 1. The number of nitrogens with zero attached hydrogens (tertiary/aromatic N) is 1. The van der Waals surface area contributed by atoms with Gasteiger partial charge in [0.15, 0.2) is 11.5 Å². The molecule has 0 fully saturated rings. The summed E-state index contributed by atoms with van der Waals surface area (Å²) >= 11 is 0. The molecule has 1 N–H and O–H groups in total. The standard InChI is InChI=1S/C23H21NO4/c1-16-5-3-8-20(11-16)24-14-17-9-10-21(22(13-17)27-2)28-15-18-6-4-7-19(12-18)23(25)26/h3-14H,15H2,1-2H3,(H,25,26). The molecule has 0 aliphatic rings. The quantitative estimate of drug-likeness (QED) is 0.588. The Morgan fingerprint density at radius 1 is 1.04 bits per heavy atom. The zero-order valence-electron chi connectivity index (χ0n) is 15.8. The second-order valence-corrected chi connectivity index (χ2v) is 6.30. The molecule has 5 nitrogen and oxygen atoms in total. The molecule has 5 heteroatoms. The number of rotatable bonds is 7. The third-order valence-corrected chi connectivity index (χ3v) is 4.12. The zero-order chi connectivity index (χ0) is 19.9. The van der Waals surface area contributed by atoms with Gasteiger partial charge in [-0.15, -0.1) is 0 Å². The molecule has 0 amide bonds. The van der Waals surface area contributed by atoms with E-state index < -0.39 is 5.97 Å². The first-order valence-corrected chi connectivity index (χ1v) is 8.79. The number of hydrogen-bond acceptors (Lipinski definition) is 4. The van der Waals surface area contributed by atoms with Crippen LogP contribution in [0.1, 0.15) is 27.0 Å². The largest absolute Gasteiger partial charge is 0.493 e. The molecular weight excluding hydrogens is 354 g/mol. The van der Waals surface area contributed by atoms with Crippen molar-refractivity contribution >= 4 is 17.9 Å². The molecule has 0 aliphatic heterocycles. The van der Waals surface area contributed by atoms with E-state index in [0.717, 1.165) is 22.4 Å². The van der Waals surface area contributed by atoms with Crippen LogP contribution in [0.25, 0.3) is 0 Å². The van der Waals surface area contributed by atoms with Gasteiger partial charge in [0.1, 0.15) is 6.61 Å². The van der Waals surface area contributed by atoms with E-state index in [2.05, 4.69) is 4.99 Å². The molecule has 142 valence electrons. The lowest BCUT2D eigenvalue weighted by molar-refractivity contribution is 0.0696. The van der Waals surface area contributed by atoms with E-state index >= 15 is 0 Å². The minimum atomic E-state index is -0.961. The average molecular weight is 375 g/mol. The maximum absolute atomic E-state index is 11.1. The molecule has 0 aromatic heterocycles. The van der Waals surface area contributed by atoms with Crippen LogP contribution in [0.2, 0.25) is 0 Å². The Bertz CT molecular complexity index is 1010. The van der Waals surface area contributed by atoms with Gasteiger partial charge in [-0.2, -0.15) is 0 Å². The normalized spacial score (nSPS) is 10.8. The summed E-state index contributed by atoms with van der Waals surface area (Å²) in [5, 5.41) is 9.08. The first kappa shape index (κ1) is 19.2. The highest BCUT2D eigenvalue weighted by Gasteiger charge is 2.07. The molecule has 0 bridgehead atoms. The summed E-state index contributed by atoms with van der Waals surface area (Å²) in [4.78, 5) is 15.6. The van der Waals surface area contributed by atoms with E-state index in [1.807, 2.05) is 55.5 Å². The monoisotopic (exact) mass is 375 g/mol. The maximum Gasteiger partial charge on any atom is 0.335 e. The van der Waals surface area contributed by atoms with Crippen molar-refractivity contribution in [3.05, 3.63) is 89.0 Å². The Labute approximate surface area is 163 Å². The third-order valence-electron chi connectivity index (χ3n) is 4.12. The van der Waals surface area contributed by atoms with Gasteiger partial charge in [-0.25, -0.2) is 4.79 Å². The summed E-state index contributed by atoms with van der Waals surface area (Å²) in [5.41, 5.74) is 3.93. The van der Waals surface area contributed by atoms with Crippen molar-refractivity contribution < 1.29 is 19.4 Å². The van der Waals surface area contributed by atoms with Gasteiger partial charge in [-0.05, 0) is 66.1 Å². The minimum absolute atomic E-state index is 0.232. The lowest BCUT2D eigenvalue weighted by Crippen LogP contribution is -2.01. The van der Waals surface area contributed by atoms with Crippen molar-refractivity contribution in [2.75, 3.05) is 7.11 Å². The molecule has 0 heterocycles. The number of benzene rings is 3. The van der Waals surface area contributed by atoms with Crippen molar-refractivity contribution in [1.29, 1.82) is 0 Å². The van der Waals surface area contributed by atoms with Crippen LogP contribution in [0.5, 0.6) is 11.5 Å². The summed E-state index contributed by atoms with van der Waals surface area (Å²) in [5.74, 6) is 0.204. The average Bonchev–Trinajstić information content (AvgIpc) is 2.71. The number of ether oxygens (including phenoxy) is 2. The predicted octanol–water partition coefficient (Wildman–Crippen LogP) is 5.03. The topological polar surface area (TPSA) is 68.1 Å². The number of methoxy groups -OCH3 is 1. The Balaban J connectivity index is 1.72. The predicted molar refractivity (Wildman–Crippen MR) is 109 cm³/mol. The van der Waals surface area contributed by atoms with Gasteiger partial charge in [-0.1, -0.05) is 24.3 Å². The highest BCUT2D eigenvalue weighted by Crippen LogP contribution is 2.28. The molecule has 3 aromatic rings. The Hall–Kier alpha value is -3.60. The van der Waals surface area contributed by atoms with Crippen LogP contribution in [-0.4, -0.2) is 24.4 Å². The Morgan fingerprint density at radius 3 is 2.61 bits per heavy atom. The fourth-order valence-corrected chi connectivity index (χ4v) is 2.70. The highest BCUT2D eigenvalue weighted by atomic mass is 16.5. The second-order valence-electron chi connectivity index (χ2n) is 6.30. The van der Waals surface area contributed by atoms with Crippen LogP contribution < -0.4 is 9.47 Å². The van der Waals surface area contributed by atoms with Crippen LogP contribution in [0.15, 0.2) is 71.7 Å². The molecule has 0 saturated heterocycles. The van der Waals surface area contributed by atoms with Gasteiger partial charge in [0.2, 0.25) is 0 Å². The van der Waals surface area contributed by atoms with E-state index in [4.69, 9.17) is 14.6 Å². The summed E-state index contributed by atoms with van der Waals surface area (Å²) in [6.45, 7) is 2.27. The van der Waals surface area contributed by atoms with Crippen molar-refractivity contribution in [2.45, 2.75) is 13.5 Å². The van der Waals surface area contributed by atoms with Gasteiger partial charge in [-0.3, -0.25) is 4.99 Å². The summed E-state index contributed by atoms with van der Waals surface area (Å²) in [6.07, 6.45) is 1.78. The number of carboxylic acid groups (broad SMARTS) is 1. The van der Waals surface area contributed by atoms with Crippen LogP contribution in [0.3, 0.4) is 0 Å². The Kier molecular flexibility index (Phi) is 6.07. The van der Waals surface area contributed by atoms with Gasteiger partial charge < -0.3 is 14.6 Å². The molecule has 0 saturated carbocycles. The van der Waals surface area contributed by atoms with Crippen molar-refractivity contribution in [2.24, 2.45) is 4.99 Å². The van der Waals surface area contributed by atoms with Crippen molar-refractivity contribution in [3.63, 3.8) is 0 Å². The maximum atomic E-state index is 11.1. The van der Waals surface area contributed by atoms with E-state index in [1.54, 1.807) is 31.5 Å². The molecule has 0 unspecified atom stereocenters. The van der Waals surface area contributed by atoms with Crippen LogP contribution in [-0.2, 0) is 6.61 Å². The van der Waals surface area contributed by atoms with Gasteiger partial charge in [0.25, 0.3) is 0 Å².